The molecule has 0 aliphatic heterocycles. The maximum atomic E-state index is 8.87. The van der Waals surface area contributed by atoms with Crippen molar-refractivity contribution in [1.29, 1.82) is 10.5 Å². The van der Waals surface area contributed by atoms with Crippen LogP contribution in [0, 0.1) is 22.7 Å². The third-order valence-corrected chi connectivity index (χ3v) is 2.16. The molecule has 0 aliphatic carbocycles. The molecule has 0 spiro atoms. The smallest absolute Gasteiger partial charge is 0.0998 e. The highest BCUT2D eigenvalue weighted by atomic mass is 14.3. The molecule has 2 aromatic carbocycles. The normalized spacial score (nSPS) is 9.29. The molecule has 0 saturated carbocycles. The van der Waals surface area contributed by atoms with Crippen LogP contribution in [-0.4, -0.2) is 0 Å². The second-order valence-electron chi connectivity index (χ2n) is 2.93. The topological polar surface area (TPSA) is 47.6 Å². The lowest BCUT2D eigenvalue weighted by atomic mass is 10.0. The number of rotatable bonds is 0. The molecule has 0 radical (unpaired) electrons. The summed E-state index contributed by atoms with van der Waals surface area (Å²) in [5.41, 5.74) is 1.22. The molecule has 0 aliphatic rings. The van der Waals surface area contributed by atoms with Gasteiger partial charge in [-0.3, -0.25) is 0 Å². The SMILES string of the molecule is N#Cc1cccc2c(C#N)cccc12. The van der Waals surface area contributed by atoms with Crippen LogP contribution in [-0.2, 0) is 0 Å². The summed E-state index contributed by atoms with van der Waals surface area (Å²) in [6.07, 6.45) is 0. The Balaban J connectivity index is 2.95. The first-order chi connectivity index (χ1) is 6.86. The van der Waals surface area contributed by atoms with E-state index in [0.29, 0.717) is 11.1 Å². The summed E-state index contributed by atoms with van der Waals surface area (Å²) in [5, 5.41) is 19.4. The molecular weight excluding hydrogens is 172 g/mol. The molecule has 2 heteroatoms. The standard InChI is InChI=1S/C12H6N2/c13-7-9-3-1-5-11-10(8-14)4-2-6-12(9)11/h1-6H. The minimum Gasteiger partial charge on any atom is -0.192 e. The fraction of sp³-hybridized carbons (Fsp3) is 0. The van der Waals surface area contributed by atoms with Crippen LogP contribution in [0.25, 0.3) is 10.8 Å². The number of benzene rings is 2. The van der Waals surface area contributed by atoms with Gasteiger partial charge in [-0.1, -0.05) is 24.3 Å². The Morgan fingerprint density at radius 3 is 1.50 bits per heavy atom. The van der Waals surface area contributed by atoms with Crippen molar-refractivity contribution < 1.29 is 0 Å². The highest BCUT2D eigenvalue weighted by molar-refractivity contribution is 5.92. The molecule has 0 heterocycles. The van der Waals surface area contributed by atoms with Crippen molar-refractivity contribution in [2.75, 3.05) is 0 Å². The molecule has 0 fully saturated rings. The van der Waals surface area contributed by atoms with Crippen molar-refractivity contribution >= 4 is 10.8 Å². The van der Waals surface area contributed by atoms with E-state index in [0.717, 1.165) is 10.8 Å². The van der Waals surface area contributed by atoms with Gasteiger partial charge in [-0.15, -0.1) is 0 Å². The first-order valence-corrected chi connectivity index (χ1v) is 4.19. The van der Waals surface area contributed by atoms with Crippen LogP contribution in [0.15, 0.2) is 36.4 Å². The second-order valence-corrected chi connectivity index (χ2v) is 2.93. The van der Waals surface area contributed by atoms with E-state index in [2.05, 4.69) is 12.1 Å². The fourth-order valence-electron chi connectivity index (χ4n) is 1.50. The summed E-state index contributed by atoms with van der Waals surface area (Å²) in [6, 6.07) is 15.0. The minimum atomic E-state index is 0.611. The van der Waals surface area contributed by atoms with Gasteiger partial charge in [-0.25, -0.2) is 0 Å². The number of hydrogen-bond donors (Lipinski definition) is 0. The van der Waals surface area contributed by atoms with E-state index in [9.17, 15) is 0 Å². The molecule has 0 aromatic heterocycles. The maximum Gasteiger partial charge on any atom is 0.0998 e. The zero-order chi connectivity index (χ0) is 9.97. The molecule has 2 rings (SSSR count). The van der Waals surface area contributed by atoms with Gasteiger partial charge in [0.25, 0.3) is 0 Å². The average Bonchev–Trinajstić information content (AvgIpc) is 2.27. The van der Waals surface area contributed by atoms with Crippen LogP contribution < -0.4 is 0 Å². The van der Waals surface area contributed by atoms with Gasteiger partial charge in [0.1, 0.15) is 0 Å². The second kappa shape index (κ2) is 3.20. The van der Waals surface area contributed by atoms with Crippen LogP contribution in [0.5, 0.6) is 0 Å². The van der Waals surface area contributed by atoms with E-state index < -0.39 is 0 Å². The highest BCUT2D eigenvalue weighted by Crippen LogP contribution is 2.21. The fourth-order valence-corrected chi connectivity index (χ4v) is 1.50. The van der Waals surface area contributed by atoms with Gasteiger partial charge >= 0.3 is 0 Å². The Kier molecular flexibility index (Phi) is 1.89. The Morgan fingerprint density at radius 2 is 1.14 bits per heavy atom. The predicted octanol–water partition coefficient (Wildman–Crippen LogP) is 2.58. The summed E-state index contributed by atoms with van der Waals surface area (Å²) in [4.78, 5) is 0. The zero-order valence-electron chi connectivity index (χ0n) is 7.36. The third-order valence-electron chi connectivity index (χ3n) is 2.16. The molecule has 64 valence electrons. The van der Waals surface area contributed by atoms with Crippen molar-refractivity contribution in [3.05, 3.63) is 47.5 Å². The van der Waals surface area contributed by atoms with Crippen LogP contribution in [0.2, 0.25) is 0 Å². The summed E-state index contributed by atoms with van der Waals surface area (Å²) in [7, 11) is 0. The predicted molar refractivity (Wildman–Crippen MR) is 53.4 cm³/mol. The molecule has 0 bridgehead atoms. The summed E-state index contributed by atoms with van der Waals surface area (Å²) in [5.74, 6) is 0. The maximum absolute atomic E-state index is 8.87. The Hall–Kier alpha value is -2.32. The van der Waals surface area contributed by atoms with Gasteiger partial charge in [0, 0.05) is 10.8 Å². The summed E-state index contributed by atoms with van der Waals surface area (Å²) < 4.78 is 0. The van der Waals surface area contributed by atoms with Crippen LogP contribution in [0.3, 0.4) is 0 Å². The first kappa shape index (κ1) is 8.29. The van der Waals surface area contributed by atoms with Gasteiger partial charge in [0.2, 0.25) is 0 Å². The first-order valence-electron chi connectivity index (χ1n) is 4.19. The van der Waals surface area contributed by atoms with Crippen molar-refractivity contribution in [1.82, 2.24) is 0 Å². The third kappa shape index (κ3) is 1.11. The molecule has 0 atom stereocenters. The largest absolute Gasteiger partial charge is 0.192 e. The Bertz CT molecular complexity index is 518. The number of nitriles is 2. The minimum absolute atomic E-state index is 0.611. The van der Waals surface area contributed by atoms with Gasteiger partial charge in [-0.05, 0) is 12.1 Å². The van der Waals surface area contributed by atoms with E-state index in [4.69, 9.17) is 10.5 Å². The van der Waals surface area contributed by atoms with Gasteiger partial charge in [-0.2, -0.15) is 10.5 Å². The van der Waals surface area contributed by atoms with Crippen molar-refractivity contribution in [3.63, 3.8) is 0 Å². The lowest BCUT2D eigenvalue weighted by Gasteiger charge is -2.00. The van der Waals surface area contributed by atoms with Crippen LogP contribution >= 0.6 is 0 Å². The number of hydrogen-bond acceptors (Lipinski definition) is 2. The van der Waals surface area contributed by atoms with E-state index in [-0.39, 0.29) is 0 Å². The number of nitrogens with zero attached hydrogens (tertiary/aromatic N) is 2. The van der Waals surface area contributed by atoms with Gasteiger partial charge < -0.3 is 0 Å². The van der Waals surface area contributed by atoms with Crippen molar-refractivity contribution in [2.24, 2.45) is 0 Å². The lowest BCUT2D eigenvalue weighted by molar-refractivity contribution is 1.49. The molecule has 0 saturated heterocycles. The quantitative estimate of drug-likeness (QED) is 0.622. The van der Waals surface area contributed by atoms with E-state index in [1.807, 2.05) is 12.1 Å². The van der Waals surface area contributed by atoms with E-state index >= 15 is 0 Å². The van der Waals surface area contributed by atoms with E-state index in [1.54, 1.807) is 24.3 Å². The van der Waals surface area contributed by atoms with Gasteiger partial charge in [0.05, 0.1) is 23.3 Å². The number of fused-ring (bicyclic) bond motifs is 1. The van der Waals surface area contributed by atoms with Crippen LogP contribution in [0.1, 0.15) is 11.1 Å². The molecule has 0 unspecified atom stereocenters. The lowest BCUT2D eigenvalue weighted by Crippen LogP contribution is -1.82. The molecule has 0 amide bonds. The monoisotopic (exact) mass is 178 g/mol. The average molecular weight is 178 g/mol. The zero-order valence-corrected chi connectivity index (χ0v) is 7.36. The Labute approximate surface area is 81.6 Å². The van der Waals surface area contributed by atoms with Gasteiger partial charge in [0.15, 0.2) is 0 Å². The molecule has 14 heavy (non-hydrogen) atoms. The Morgan fingerprint density at radius 1 is 0.714 bits per heavy atom. The van der Waals surface area contributed by atoms with Crippen LogP contribution in [0.4, 0.5) is 0 Å². The van der Waals surface area contributed by atoms with Crippen molar-refractivity contribution in [3.8, 4) is 12.1 Å². The molecule has 0 N–H and O–H groups in total. The highest BCUT2D eigenvalue weighted by Gasteiger charge is 2.02. The molecule has 2 nitrogen and oxygen atoms in total. The molecule has 2 aromatic rings. The van der Waals surface area contributed by atoms with E-state index in [1.165, 1.54) is 0 Å². The summed E-state index contributed by atoms with van der Waals surface area (Å²) in [6.45, 7) is 0. The summed E-state index contributed by atoms with van der Waals surface area (Å²) >= 11 is 0. The van der Waals surface area contributed by atoms with Crippen molar-refractivity contribution in [2.45, 2.75) is 0 Å². The molecular formula is C12H6N2.